The summed E-state index contributed by atoms with van der Waals surface area (Å²) < 4.78 is 5.51. The van der Waals surface area contributed by atoms with Crippen molar-refractivity contribution in [3.05, 3.63) is 48.3 Å². The van der Waals surface area contributed by atoms with Crippen molar-refractivity contribution in [3.8, 4) is 11.5 Å². The van der Waals surface area contributed by atoms with E-state index in [1.165, 1.54) is 0 Å². The van der Waals surface area contributed by atoms with E-state index in [1.807, 2.05) is 29.2 Å². The van der Waals surface area contributed by atoms with Crippen molar-refractivity contribution in [1.29, 1.82) is 0 Å². The molecule has 1 aliphatic rings. The first kappa shape index (κ1) is 15.8. The predicted octanol–water partition coefficient (Wildman–Crippen LogP) is 2.55. The molecule has 3 aromatic rings. The molecule has 0 spiro atoms. The molecule has 0 unspecified atom stereocenters. The molecule has 1 saturated heterocycles. The lowest BCUT2D eigenvalue weighted by Crippen LogP contribution is -2.47. The van der Waals surface area contributed by atoms with Crippen LogP contribution in [-0.4, -0.2) is 52.0 Å². The van der Waals surface area contributed by atoms with Crippen LogP contribution in [-0.2, 0) is 11.3 Å². The Balaban J connectivity index is 1.50. The van der Waals surface area contributed by atoms with E-state index in [9.17, 15) is 4.79 Å². The van der Waals surface area contributed by atoms with Crippen molar-refractivity contribution < 1.29 is 9.32 Å². The fourth-order valence-electron chi connectivity index (χ4n) is 3.26. The molecule has 6 heteroatoms. The van der Waals surface area contributed by atoms with Crippen LogP contribution in [0.15, 0.2) is 47.0 Å². The molecule has 1 fully saturated rings. The van der Waals surface area contributed by atoms with E-state index >= 15 is 0 Å². The topological polar surface area (TPSA) is 62.5 Å². The molecular formula is C19H20N4O2. The summed E-state index contributed by atoms with van der Waals surface area (Å²) in [6, 6.07) is 14.3. The van der Waals surface area contributed by atoms with Crippen molar-refractivity contribution >= 4 is 16.7 Å². The third-order valence-electron chi connectivity index (χ3n) is 4.67. The maximum absolute atomic E-state index is 11.4. The van der Waals surface area contributed by atoms with E-state index in [0.717, 1.165) is 42.5 Å². The summed E-state index contributed by atoms with van der Waals surface area (Å²) in [4.78, 5) is 20.1. The van der Waals surface area contributed by atoms with E-state index < -0.39 is 0 Å². The van der Waals surface area contributed by atoms with Crippen LogP contribution in [0.4, 0.5) is 0 Å². The molecule has 1 aliphatic heterocycles. The minimum absolute atomic E-state index is 0.137. The van der Waals surface area contributed by atoms with Crippen LogP contribution >= 0.6 is 0 Å². The van der Waals surface area contributed by atoms with Gasteiger partial charge in [0.1, 0.15) is 0 Å². The molecule has 0 radical (unpaired) electrons. The highest BCUT2D eigenvalue weighted by molar-refractivity contribution is 5.94. The van der Waals surface area contributed by atoms with Gasteiger partial charge < -0.3 is 9.42 Å². The highest BCUT2D eigenvalue weighted by atomic mass is 16.5. The summed E-state index contributed by atoms with van der Waals surface area (Å²) in [7, 11) is 0. The van der Waals surface area contributed by atoms with Gasteiger partial charge in [-0.05, 0) is 16.8 Å². The van der Waals surface area contributed by atoms with Crippen LogP contribution in [0.3, 0.4) is 0 Å². The Hall–Kier alpha value is -2.73. The van der Waals surface area contributed by atoms with Gasteiger partial charge >= 0.3 is 0 Å². The van der Waals surface area contributed by atoms with Gasteiger partial charge in [-0.15, -0.1) is 0 Å². The first-order chi connectivity index (χ1) is 12.2. The number of carbonyl (C=O) groups is 1. The molecule has 6 nitrogen and oxygen atoms in total. The average molecular weight is 336 g/mol. The zero-order chi connectivity index (χ0) is 17.2. The Morgan fingerprint density at radius 3 is 2.64 bits per heavy atom. The third-order valence-corrected chi connectivity index (χ3v) is 4.67. The van der Waals surface area contributed by atoms with Crippen LogP contribution in [0.1, 0.15) is 12.7 Å². The molecule has 1 amide bonds. The van der Waals surface area contributed by atoms with Crippen LogP contribution in [0.5, 0.6) is 0 Å². The average Bonchev–Trinajstić information content (AvgIpc) is 3.10. The zero-order valence-electron chi connectivity index (χ0n) is 14.2. The number of nitrogens with zero attached hydrogens (tertiary/aromatic N) is 4. The van der Waals surface area contributed by atoms with E-state index in [0.29, 0.717) is 18.3 Å². The molecule has 1 aromatic heterocycles. The lowest BCUT2D eigenvalue weighted by Gasteiger charge is -2.33. The normalized spacial score (nSPS) is 15.6. The van der Waals surface area contributed by atoms with Crippen molar-refractivity contribution in [1.82, 2.24) is 19.9 Å². The number of hydrogen-bond donors (Lipinski definition) is 0. The number of carbonyl (C=O) groups excluding carboxylic acids is 1. The van der Waals surface area contributed by atoms with Gasteiger partial charge in [0.05, 0.1) is 6.54 Å². The number of amides is 1. The first-order valence-corrected chi connectivity index (χ1v) is 8.49. The van der Waals surface area contributed by atoms with E-state index in [2.05, 4.69) is 33.2 Å². The maximum atomic E-state index is 11.4. The molecule has 0 N–H and O–H groups in total. The Kier molecular flexibility index (Phi) is 4.19. The number of rotatable bonds is 3. The quantitative estimate of drug-likeness (QED) is 0.735. The number of fused-ring (bicyclic) bond motifs is 1. The molecule has 128 valence electrons. The summed E-state index contributed by atoms with van der Waals surface area (Å²) in [5, 5.41) is 6.40. The lowest BCUT2D eigenvalue weighted by molar-refractivity contribution is -0.130. The fraction of sp³-hybridized carbons (Fsp3) is 0.316. The van der Waals surface area contributed by atoms with Crippen LogP contribution < -0.4 is 0 Å². The molecular weight excluding hydrogens is 316 g/mol. The molecule has 25 heavy (non-hydrogen) atoms. The molecule has 4 rings (SSSR count). The van der Waals surface area contributed by atoms with Crippen molar-refractivity contribution in [2.45, 2.75) is 13.5 Å². The van der Waals surface area contributed by atoms with E-state index in [1.54, 1.807) is 6.92 Å². The minimum Gasteiger partial charge on any atom is -0.340 e. The molecule has 2 aromatic carbocycles. The first-order valence-electron chi connectivity index (χ1n) is 8.49. The Bertz CT molecular complexity index is 892. The van der Waals surface area contributed by atoms with Gasteiger partial charge in [-0.25, -0.2) is 0 Å². The molecule has 0 saturated carbocycles. The summed E-state index contributed by atoms with van der Waals surface area (Å²) in [6.45, 7) is 5.42. The second-order valence-electron chi connectivity index (χ2n) is 6.32. The SMILES string of the molecule is CC(=O)N1CCN(Cc2noc(-c3cccc4ccccc34)n2)CC1. The number of hydrogen-bond acceptors (Lipinski definition) is 5. The van der Waals surface area contributed by atoms with Gasteiger partial charge in [-0.2, -0.15) is 4.98 Å². The summed E-state index contributed by atoms with van der Waals surface area (Å²) in [5.74, 6) is 1.37. The number of benzene rings is 2. The van der Waals surface area contributed by atoms with Gasteiger partial charge in [0.2, 0.25) is 5.91 Å². The summed E-state index contributed by atoms with van der Waals surface area (Å²) in [6.07, 6.45) is 0. The van der Waals surface area contributed by atoms with Crippen molar-refractivity contribution in [2.75, 3.05) is 26.2 Å². The second-order valence-corrected chi connectivity index (χ2v) is 6.32. The predicted molar refractivity (Wildman–Crippen MR) is 94.8 cm³/mol. The van der Waals surface area contributed by atoms with Gasteiger partial charge in [0.25, 0.3) is 5.89 Å². The summed E-state index contributed by atoms with van der Waals surface area (Å²) >= 11 is 0. The molecule has 0 bridgehead atoms. The number of aromatic nitrogens is 2. The Morgan fingerprint density at radius 2 is 1.84 bits per heavy atom. The van der Waals surface area contributed by atoms with Crippen LogP contribution in [0.25, 0.3) is 22.2 Å². The maximum Gasteiger partial charge on any atom is 0.258 e. The monoisotopic (exact) mass is 336 g/mol. The van der Waals surface area contributed by atoms with E-state index in [-0.39, 0.29) is 5.91 Å². The highest BCUT2D eigenvalue weighted by Crippen LogP contribution is 2.27. The molecule has 0 aliphatic carbocycles. The molecule has 2 heterocycles. The Labute approximate surface area is 146 Å². The highest BCUT2D eigenvalue weighted by Gasteiger charge is 2.20. The smallest absolute Gasteiger partial charge is 0.258 e. The lowest BCUT2D eigenvalue weighted by atomic mass is 10.0. The fourth-order valence-corrected chi connectivity index (χ4v) is 3.26. The minimum atomic E-state index is 0.137. The third kappa shape index (κ3) is 3.25. The zero-order valence-corrected chi connectivity index (χ0v) is 14.2. The molecule has 0 atom stereocenters. The van der Waals surface area contributed by atoms with Gasteiger partial charge in [-0.1, -0.05) is 41.6 Å². The van der Waals surface area contributed by atoms with Gasteiger partial charge in [0, 0.05) is 38.7 Å². The summed E-state index contributed by atoms with van der Waals surface area (Å²) in [5.41, 5.74) is 0.957. The second kappa shape index (κ2) is 6.64. The largest absolute Gasteiger partial charge is 0.340 e. The standard InChI is InChI=1S/C19H20N4O2/c1-14(24)23-11-9-22(10-12-23)13-18-20-19(25-21-18)17-8-4-6-15-5-2-3-7-16(15)17/h2-8H,9-13H2,1H3. The van der Waals surface area contributed by atoms with Crippen LogP contribution in [0.2, 0.25) is 0 Å². The Morgan fingerprint density at radius 1 is 1.08 bits per heavy atom. The van der Waals surface area contributed by atoms with Gasteiger partial charge in [0.15, 0.2) is 5.82 Å². The number of piperazine rings is 1. The van der Waals surface area contributed by atoms with Crippen molar-refractivity contribution in [3.63, 3.8) is 0 Å². The van der Waals surface area contributed by atoms with E-state index in [4.69, 9.17) is 4.52 Å². The van der Waals surface area contributed by atoms with Gasteiger partial charge in [-0.3, -0.25) is 9.69 Å². The van der Waals surface area contributed by atoms with Crippen LogP contribution in [0, 0.1) is 0 Å². The van der Waals surface area contributed by atoms with Crippen molar-refractivity contribution in [2.24, 2.45) is 0 Å².